The topological polar surface area (TPSA) is 76.5 Å². The first-order valence-electron chi connectivity index (χ1n) is 7.77. The molecule has 0 radical (unpaired) electrons. The average Bonchev–Trinajstić information content (AvgIpc) is 2.66. The van der Waals surface area contributed by atoms with Gasteiger partial charge in [-0.2, -0.15) is 0 Å². The zero-order chi connectivity index (χ0) is 17.6. The summed E-state index contributed by atoms with van der Waals surface area (Å²) in [5.41, 5.74) is 2.53. The second-order valence-electron chi connectivity index (χ2n) is 5.31. The summed E-state index contributed by atoms with van der Waals surface area (Å²) in [7, 11) is 3.23. The fraction of sp³-hybridized carbons (Fsp3) is 0.158. The zero-order valence-electron chi connectivity index (χ0n) is 14.1. The third kappa shape index (κ3) is 3.63. The number of methoxy groups -OCH3 is 2. The number of aromatic nitrogens is 2. The molecule has 2 aromatic carbocycles. The third-order valence-electron chi connectivity index (χ3n) is 3.77. The number of phenols is 1. The molecule has 25 heavy (non-hydrogen) atoms. The maximum Gasteiger partial charge on any atom is 0.165 e. The lowest BCUT2D eigenvalue weighted by Crippen LogP contribution is -2.06. The number of hydrogen-bond acceptors (Lipinski definition) is 6. The number of para-hydroxylation sites is 1. The average molecular weight is 337 g/mol. The SMILES string of the molecule is COc1cccc(CNc2nccnc2-c2ccc(O)cc2)c1OC. The molecule has 128 valence electrons. The van der Waals surface area contributed by atoms with Crippen LogP contribution < -0.4 is 14.8 Å². The normalized spacial score (nSPS) is 10.3. The number of aromatic hydroxyl groups is 1. The molecule has 3 rings (SSSR count). The molecule has 6 heteroatoms. The van der Waals surface area contributed by atoms with E-state index in [0.717, 1.165) is 11.1 Å². The lowest BCUT2D eigenvalue weighted by Gasteiger charge is -2.14. The van der Waals surface area contributed by atoms with E-state index in [0.29, 0.717) is 29.6 Å². The first kappa shape index (κ1) is 16.6. The zero-order valence-corrected chi connectivity index (χ0v) is 14.1. The Hall–Kier alpha value is -3.28. The highest BCUT2D eigenvalue weighted by Crippen LogP contribution is 2.32. The molecule has 0 aliphatic rings. The molecule has 0 aliphatic carbocycles. The van der Waals surface area contributed by atoms with Crippen LogP contribution in [0, 0.1) is 0 Å². The maximum absolute atomic E-state index is 9.45. The summed E-state index contributed by atoms with van der Waals surface area (Å²) in [6, 6.07) is 12.6. The van der Waals surface area contributed by atoms with Gasteiger partial charge in [0.25, 0.3) is 0 Å². The van der Waals surface area contributed by atoms with E-state index < -0.39 is 0 Å². The Morgan fingerprint density at radius 2 is 1.72 bits per heavy atom. The third-order valence-corrected chi connectivity index (χ3v) is 3.77. The highest BCUT2D eigenvalue weighted by molar-refractivity contribution is 5.71. The molecule has 2 N–H and O–H groups in total. The predicted octanol–water partition coefficient (Wildman–Crippen LogP) is 3.48. The highest BCUT2D eigenvalue weighted by Gasteiger charge is 2.12. The molecular formula is C19H19N3O3. The van der Waals surface area contributed by atoms with Crippen LogP contribution in [-0.2, 0) is 6.54 Å². The second kappa shape index (κ2) is 7.53. The van der Waals surface area contributed by atoms with Crippen molar-refractivity contribution < 1.29 is 14.6 Å². The maximum atomic E-state index is 9.45. The Morgan fingerprint density at radius 1 is 0.960 bits per heavy atom. The van der Waals surface area contributed by atoms with Gasteiger partial charge in [0, 0.05) is 30.1 Å². The number of phenolic OH excluding ortho intramolecular Hbond substituents is 1. The van der Waals surface area contributed by atoms with Gasteiger partial charge in [-0.1, -0.05) is 12.1 Å². The van der Waals surface area contributed by atoms with Crippen LogP contribution in [0.2, 0.25) is 0 Å². The van der Waals surface area contributed by atoms with Crippen molar-refractivity contribution >= 4 is 5.82 Å². The molecule has 0 fully saturated rings. The van der Waals surface area contributed by atoms with Crippen LogP contribution in [-0.4, -0.2) is 29.3 Å². The minimum absolute atomic E-state index is 0.211. The number of ether oxygens (including phenoxy) is 2. The Balaban J connectivity index is 1.87. The van der Waals surface area contributed by atoms with Gasteiger partial charge >= 0.3 is 0 Å². The summed E-state index contributed by atoms with van der Waals surface area (Å²) in [5.74, 6) is 2.23. The van der Waals surface area contributed by atoms with E-state index >= 15 is 0 Å². The summed E-state index contributed by atoms with van der Waals surface area (Å²) in [6.45, 7) is 0.504. The molecule has 0 atom stereocenters. The van der Waals surface area contributed by atoms with E-state index in [9.17, 15) is 5.11 Å². The quantitative estimate of drug-likeness (QED) is 0.717. The lowest BCUT2D eigenvalue weighted by molar-refractivity contribution is 0.352. The van der Waals surface area contributed by atoms with E-state index in [1.807, 2.05) is 18.2 Å². The van der Waals surface area contributed by atoms with Crippen molar-refractivity contribution in [1.82, 2.24) is 9.97 Å². The number of nitrogens with one attached hydrogen (secondary N) is 1. The standard InChI is InChI=1S/C19H19N3O3/c1-24-16-5-3-4-14(18(16)25-2)12-22-19-17(20-10-11-21-19)13-6-8-15(23)9-7-13/h3-11,23H,12H2,1-2H3,(H,21,22). The highest BCUT2D eigenvalue weighted by atomic mass is 16.5. The van der Waals surface area contributed by atoms with Crippen LogP contribution in [0.4, 0.5) is 5.82 Å². The molecule has 0 bridgehead atoms. The van der Waals surface area contributed by atoms with Gasteiger partial charge in [0.05, 0.1) is 14.2 Å². The monoisotopic (exact) mass is 337 g/mol. The van der Waals surface area contributed by atoms with Crippen LogP contribution in [0.1, 0.15) is 5.56 Å². The molecule has 0 unspecified atom stereocenters. The Bertz CT molecular complexity index is 851. The summed E-state index contributed by atoms with van der Waals surface area (Å²) >= 11 is 0. The van der Waals surface area contributed by atoms with Gasteiger partial charge in [0.15, 0.2) is 17.3 Å². The molecule has 6 nitrogen and oxygen atoms in total. The van der Waals surface area contributed by atoms with Gasteiger partial charge in [-0.15, -0.1) is 0 Å². The van der Waals surface area contributed by atoms with E-state index in [4.69, 9.17) is 9.47 Å². The molecule has 1 aromatic heterocycles. The first-order chi connectivity index (χ1) is 12.2. The summed E-state index contributed by atoms with van der Waals surface area (Å²) in [6.07, 6.45) is 3.27. The largest absolute Gasteiger partial charge is 0.508 e. The first-order valence-corrected chi connectivity index (χ1v) is 7.77. The van der Waals surface area contributed by atoms with Crippen LogP contribution in [0.3, 0.4) is 0 Å². The van der Waals surface area contributed by atoms with Gasteiger partial charge in [0.1, 0.15) is 11.4 Å². The molecule has 0 saturated heterocycles. The smallest absolute Gasteiger partial charge is 0.165 e. The summed E-state index contributed by atoms with van der Waals surface area (Å²) in [4.78, 5) is 8.79. The molecule has 0 amide bonds. The Morgan fingerprint density at radius 3 is 2.44 bits per heavy atom. The van der Waals surface area contributed by atoms with Gasteiger partial charge in [-0.05, 0) is 30.3 Å². The van der Waals surface area contributed by atoms with E-state index in [1.54, 1.807) is 50.9 Å². The van der Waals surface area contributed by atoms with Crippen molar-refractivity contribution in [2.45, 2.75) is 6.54 Å². The van der Waals surface area contributed by atoms with Crippen molar-refractivity contribution in [3.63, 3.8) is 0 Å². The molecular weight excluding hydrogens is 318 g/mol. The van der Waals surface area contributed by atoms with Crippen LogP contribution in [0.15, 0.2) is 54.9 Å². The van der Waals surface area contributed by atoms with E-state index in [-0.39, 0.29) is 5.75 Å². The number of hydrogen-bond donors (Lipinski definition) is 2. The van der Waals surface area contributed by atoms with Gasteiger partial charge in [-0.25, -0.2) is 4.98 Å². The summed E-state index contributed by atoms with van der Waals surface area (Å²) in [5, 5.41) is 12.8. The lowest BCUT2D eigenvalue weighted by atomic mass is 10.1. The van der Waals surface area contributed by atoms with Crippen LogP contribution in [0.5, 0.6) is 17.2 Å². The van der Waals surface area contributed by atoms with E-state index in [2.05, 4.69) is 15.3 Å². The van der Waals surface area contributed by atoms with Crippen LogP contribution >= 0.6 is 0 Å². The van der Waals surface area contributed by atoms with Gasteiger partial charge in [0.2, 0.25) is 0 Å². The molecule has 0 spiro atoms. The number of rotatable bonds is 6. The van der Waals surface area contributed by atoms with Crippen molar-refractivity contribution in [2.24, 2.45) is 0 Å². The van der Waals surface area contributed by atoms with Gasteiger partial charge < -0.3 is 19.9 Å². The van der Waals surface area contributed by atoms with Gasteiger partial charge in [-0.3, -0.25) is 4.98 Å². The minimum atomic E-state index is 0.211. The molecule has 0 saturated carbocycles. The Kier molecular flexibility index (Phi) is 4.99. The van der Waals surface area contributed by atoms with Crippen LogP contribution in [0.25, 0.3) is 11.3 Å². The fourth-order valence-electron chi connectivity index (χ4n) is 2.57. The second-order valence-corrected chi connectivity index (χ2v) is 5.31. The molecule has 0 aliphatic heterocycles. The fourth-order valence-corrected chi connectivity index (χ4v) is 2.57. The number of anilines is 1. The number of benzene rings is 2. The number of nitrogens with zero attached hydrogens (tertiary/aromatic N) is 2. The van der Waals surface area contributed by atoms with Crippen molar-refractivity contribution in [1.29, 1.82) is 0 Å². The summed E-state index contributed by atoms with van der Waals surface area (Å²) < 4.78 is 10.8. The van der Waals surface area contributed by atoms with Crippen molar-refractivity contribution in [2.75, 3.05) is 19.5 Å². The Labute approximate surface area is 146 Å². The van der Waals surface area contributed by atoms with E-state index in [1.165, 1.54) is 0 Å². The predicted molar refractivity (Wildman–Crippen MR) is 96.0 cm³/mol. The van der Waals surface area contributed by atoms with Crippen molar-refractivity contribution in [3.05, 3.63) is 60.4 Å². The molecule has 1 heterocycles. The molecule has 3 aromatic rings. The van der Waals surface area contributed by atoms with Crippen molar-refractivity contribution in [3.8, 4) is 28.5 Å². The minimum Gasteiger partial charge on any atom is -0.508 e.